The zero-order valence-corrected chi connectivity index (χ0v) is 21.2. The van der Waals surface area contributed by atoms with E-state index in [1.165, 1.54) is 33.5 Å². The van der Waals surface area contributed by atoms with Gasteiger partial charge in [0.15, 0.2) is 0 Å². The standard InChI is InChI=1S/C9H11O3.3C2H3ClO2.Pb/c1-10-7-4-8(11-2)6-9(5-7)12-3;3*3-1-2(4)5;/h4-5H,1-3H3;3*1H2,(H,4,5);/q;;;;+3/p-3. The van der Waals surface area contributed by atoms with Crippen LogP contribution < -0.4 is 17.3 Å². The van der Waals surface area contributed by atoms with Gasteiger partial charge in [0.1, 0.15) is 0 Å². The van der Waals surface area contributed by atoms with Crippen LogP contribution in [0.15, 0.2) is 12.1 Å². The van der Waals surface area contributed by atoms with E-state index < -0.39 is 58.1 Å². The number of ether oxygens (including phenoxy) is 3. The molecule has 0 N–H and O–H groups in total. The molecular formula is C15H17Cl3O9Pb. The molecule has 0 bridgehead atoms. The summed E-state index contributed by atoms with van der Waals surface area (Å²) in [7, 11) is 4.00. The molecule has 0 aliphatic heterocycles. The Hall–Kier alpha value is -1.18. The summed E-state index contributed by atoms with van der Waals surface area (Å²) >= 11 is 10.7. The molecule has 0 amide bonds. The van der Waals surface area contributed by atoms with Crippen molar-refractivity contribution >= 4 is 78.4 Å². The third-order valence-electron chi connectivity index (χ3n) is 3.09. The van der Waals surface area contributed by atoms with E-state index in [-0.39, 0.29) is 14.6 Å². The van der Waals surface area contributed by atoms with Crippen molar-refractivity contribution in [3.05, 3.63) is 12.1 Å². The second-order valence-electron chi connectivity index (χ2n) is 4.79. The molecule has 0 atom stereocenters. The van der Waals surface area contributed by atoms with Crippen LogP contribution in [0.1, 0.15) is 0 Å². The Labute approximate surface area is 182 Å². The average molecular weight is 655 g/mol. The Kier molecular flexibility index (Phi) is 10.4. The van der Waals surface area contributed by atoms with Gasteiger partial charge in [-0.05, 0) is 0 Å². The number of halogens is 3. The Bertz CT molecular complexity index is 658. The van der Waals surface area contributed by atoms with E-state index in [0.717, 1.165) is 0 Å². The van der Waals surface area contributed by atoms with Crippen molar-refractivity contribution in [2.75, 3.05) is 39.0 Å². The Balaban J connectivity index is 3.83. The Morgan fingerprint density at radius 3 is 1.36 bits per heavy atom. The number of methoxy groups -OCH3 is 3. The molecule has 0 radical (unpaired) electrons. The van der Waals surface area contributed by atoms with Gasteiger partial charge in [0.2, 0.25) is 0 Å². The van der Waals surface area contributed by atoms with Crippen LogP contribution in [0, 0.1) is 0 Å². The van der Waals surface area contributed by atoms with E-state index in [4.69, 9.17) is 57.1 Å². The summed E-state index contributed by atoms with van der Waals surface area (Å²) in [6.45, 7) is 0. The van der Waals surface area contributed by atoms with E-state index in [9.17, 15) is 14.4 Å². The molecule has 28 heavy (non-hydrogen) atoms. The third-order valence-corrected chi connectivity index (χ3v) is 13.8. The molecule has 0 aromatic heterocycles. The molecule has 0 aliphatic rings. The summed E-state index contributed by atoms with van der Waals surface area (Å²) in [5.74, 6) is -4.39. The minimum absolute atomic E-state index is 0.0324. The van der Waals surface area contributed by atoms with Crippen LogP contribution in [-0.2, 0) is 22.4 Å². The summed E-state index contributed by atoms with van der Waals surface area (Å²) in [6, 6.07) is 2.81. The monoisotopic (exact) mass is 654 g/mol. The van der Waals surface area contributed by atoms with Crippen molar-refractivity contribution in [2.45, 2.75) is 0 Å². The fraction of sp³-hybridized carbons (Fsp3) is 0.400. The fourth-order valence-corrected chi connectivity index (χ4v) is 13.0. The van der Waals surface area contributed by atoms with Gasteiger partial charge < -0.3 is 0 Å². The molecule has 0 unspecified atom stereocenters. The van der Waals surface area contributed by atoms with E-state index in [1.807, 2.05) is 0 Å². The number of carbonyl (C=O) groups excluding carboxylic acids is 3. The quantitative estimate of drug-likeness (QED) is 0.272. The van der Waals surface area contributed by atoms with Gasteiger partial charge in [0, 0.05) is 0 Å². The molecular weight excluding hydrogens is 638 g/mol. The van der Waals surface area contributed by atoms with Crippen molar-refractivity contribution in [1.29, 1.82) is 0 Å². The van der Waals surface area contributed by atoms with Crippen LogP contribution in [0.4, 0.5) is 0 Å². The van der Waals surface area contributed by atoms with Crippen LogP contribution in [0.2, 0.25) is 0 Å². The van der Waals surface area contributed by atoms with Gasteiger partial charge in [0.25, 0.3) is 0 Å². The zero-order valence-electron chi connectivity index (χ0n) is 15.1. The van der Waals surface area contributed by atoms with E-state index >= 15 is 0 Å². The summed E-state index contributed by atoms with van der Waals surface area (Å²) in [4.78, 5) is 36.0. The molecule has 9 nitrogen and oxygen atoms in total. The van der Waals surface area contributed by atoms with Crippen molar-refractivity contribution in [1.82, 2.24) is 0 Å². The molecule has 0 saturated carbocycles. The molecule has 1 aromatic rings. The normalized spacial score (nSPS) is 10.6. The first-order valence-corrected chi connectivity index (χ1v) is 15.7. The summed E-state index contributed by atoms with van der Waals surface area (Å²) < 4.78 is 31.7. The SMILES string of the molecule is COc1cc(OC)[c]([Pb]([O]C(=O)CCl)([O]C(=O)CCl)[O]C(=O)CCl)c(OC)c1. The van der Waals surface area contributed by atoms with Crippen molar-refractivity contribution < 1.29 is 36.7 Å². The number of carbonyl (C=O) groups is 3. The predicted octanol–water partition coefficient (Wildman–Crippen LogP) is 1.20. The predicted molar refractivity (Wildman–Crippen MR) is 102 cm³/mol. The Morgan fingerprint density at radius 2 is 1.11 bits per heavy atom. The maximum absolute atomic E-state index is 12.0. The first-order chi connectivity index (χ1) is 13.3. The van der Waals surface area contributed by atoms with Gasteiger partial charge in [-0.3, -0.25) is 0 Å². The maximum atomic E-state index is 12.0. The topological polar surface area (TPSA) is 107 Å². The molecule has 0 saturated heterocycles. The van der Waals surface area contributed by atoms with Crippen molar-refractivity contribution in [3.63, 3.8) is 0 Å². The zero-order chi connectivity index (χ0) is 21.3. The fourth-order valence-electron chi connectivity index (χ4n) is 2.05. The van der Waals surface area contributed by atoms with Gasteiger partial charge in [-0.25, -0.2) is 0 Å². The van der Waals surface area contributed by atoms with Gasteiger partial charge in [-0.15, -0.1) is 0 Å². The molecule has 1 rings (SSSR count). The minimum atomic E-state index is -5.85. The van der Waals surface area contributed by atoms with Gasteiger partial charge >= 0.3 is 183 Å². The number of rotatable bonds is 10. The van der Waals surface area contributed by atoms with Gasteiger partial charge in [-0.2, -0.15) is 0 Å². The average Bonchev–Trinajstić information content (AvgIpc) is 2.71. The van der Waals surface area contributed by atoms with Crippen LogP contribution in [0.3, 0.4) is 0 Å². The summed E-state index contributed by atoms with van der Waals surface area (Å²) in [5.41, 5.74) is 0. The van der Waals surface area contributed by atoms with Crippen LogP contribution >= 0.6 is 34.8 Å². The molecule has 0 fully saturated rings. The van der Waals surface area contributed by atoms with E-state index in [0.29, 0.717) is 5.75 Å². The molecule has 0 heterocycles. The Morgan fingerprint density at radius 1 is 0.750 bits per heavy atom. The van der Waals surface area contributed by atoms with Crippen molar-refractivity contribution in [3.8, 4) is 17.2 Å². The number of alkyl halides is 3. The van der Waals surface area contributed by atoms with Crippen molar-refractivity contribution in [2.24, 2.45) is 0 Å². The first-order valence-electron chi connectivity index (χ1n) is 7.44. The van der Waals surface area contributed by atoms with Crippen LogP contribution in [0.5, 0.6) is 17.2 Å². The summed E-state index contributed by atoms with van der Waals surface area (Å²) in [6.07, 6.45) is 0. The third kappa shape index (κ3) is 6.16. The summed E-state index contributed by atoms with van der Waals surface area (Å²) in [5, 5.41) is 0. The van der Waals surface area contributed by atoms with Gasteiger partial charge in [0.05, 0.1) is 0 Å². The second kappa shape index (κ2) is 11.7. The molecule has 0 spiro atoms. The molecule has 1 aromatic carbocycles. The van der Waals surface area contributed by atoms with E-state index in [1.54, 1.807) is 0 Å². The molecule has 0 aliphatic carbocycles. The van der Waals surface area contributed by atoms with E-state index in [2.05, 4.69) is 0 Å². The number of hydrogen-bond donors (Lipinski definition) is 0. The molecule has 13 heteroatoms. The number of hydrogen-bond acceptors (Lipinski definition) is 9. The van der Waals surface area contributed by atoms with Crippen LogP contribution in [-0.4, -0.2) is 79.4 Å². The van der Waals surface area contributed by atoms with Crippen LogP contribution in [0.25, 0.3) is 0 Å². The number of benzene rings is 1. The second-order valence-corrected chi connectivity index (χ2v) is 14.2. The molecule has 156 valence electrons. The van der Waals surface area contributed by atoms with Gasteiger partial charge in [-0.1, -0.05) is 0 Å². The first kappa shape index (κ1) is 24.9.